The van der Waals surface area contributed by atoms with Crippen LogP contribution in [0.3, 0.4) is 0 Å². The average Bonchev–Trinajstić information content (AvgIpc) is 3.71. The number of rotatable bonds is 21. The largest absolute Gasteiger partial charge is 0.497 e. The number of H-pyrrole nitrogens is 1. The molecule has 0 aliphatic rings. The van der Waals surface area contributed by atoms with Crippen molar-refractivity contribution in [1.29, 1.82) is 0 Å². The van der Waals surface area contributed by atoms with Crippen LogP contribution in [0.4, 0.5) is 4.79 Å². The lowest BCUT2D eigenvalue weighted by molar-refractivity contribution is -0.145. The number of primary amides is 1. The van der Waals surface area contributed by atoms with E-state index in [0.29, 0.717) is 17.0 Å². The molecule has 3 atom stereocenters. The van der Waals surface area contributed by atoms with Crippen molar-refractivity contribution in [3.63, 3.8) is 0 Å². The van der Waals surface area contributed by atoms with E-state index in [9.17, 15) is 28.8 Å². The van der Waals surface area contributed by atoms with E-state index >= 15 is 0 Å². The molecule has 17 nitrogen and oxygen atoms in total. The lowest BCUT2D eigenvalue weighted by Gasteiger charge is -2.25. The molecule has 0 radical (unpaired) electrons. The summed E-state index contributed by atoms with van der Waals surface area (Å²) in [6.07, 6.45) is 1.23. The molecule has 55 heavy (non-hydrogen) atoms. The molecule has 3 aromatic carbocycles. The summed E-state index contributed by atoms with van der Waals surface area (Å²) in [6.45, 7) is -1.03. The van der Waals surface area contributed by atoms with Crippen molar-refractivity contribution in [3.05, 3.63) is 120 Å². The standard InChI is InChI=1S/C38H43N7O10/c1-52-29-14-12-27(13-15-29)22-55-38(51)45-30(16-28-18-40-24-42-28)36(49)44-32(23-53-20-25-8-4-2-5-9-25)37(50)43-31(17-33(39)46)35(48)41-19-34(47)54-21-26-10-6-3-7-11-26/h2-15,18,24,30-32H,16-17,19-23H2,1H3,(H2,39,46)(H,40,42)(H,41,48)(H,43,50)(H,44,49)(H,45,51). The number of amides is 5. The molecule has 1 aromatic heterocycles. The van der Waals surface area contributed by atoms with Gasteiger partial charge in [-0.1, -0.05) is 72.8 Å². The Kier molecular flexibility index (Phi) is 16.2. The average molecular weight is 758 g/mol. The van der Waals surface area contributed by atoms with Crippen LogP contribution < -0.4 is 31.7 Å². The number of hydrogen-bond donors (Lipinski definition) is 6. The number of carbonyl (C=O) groups is 6. The van der Waals surface area contributed by atoms with Gasteiger partial charge >= 0.3 is 12.1 Å². The zero-order valence-corrected chi connectivity index (χ0v) is 30.0. The molecule has 0 saturated heterocycles. The van der Waals surface area contributed by atoms with Crippen LogP contribution in [0.15, 0.2) is 97.5 Å². The number of nitrogens with zero attached hydrogens (tertiary/aromatic N) is 1. The Bertz CT molecular complexity index is 1840. The fourth-order valence-corrected chi connectivity index (χ4v) is 4.96. The predicted molar refractivity (Wildman–Crippen MR) is 195 cm³/mol. The number of methoxy groups -OCH3 is 1. The van der Waals surface area contributed by atoms with Crippen LogP contribution in [0, 0.1) is 0 Å². The van der Waals surface area contributed by atoms with E-state index in [1.54, 1.807) is 72.8 Å². The SMILES string of the molecule is COc1ccc(COC(=O)NC(Cc2cnc[nH]2)C(=O)NC(COCc2ccccc2)C(=O)NC(CC(N)=O)C(=O)NCC(=O)OCc2ccccc2)cc1. The maximum absolute atomic E-state index is 13.8. The monoisotopic (exact) mass is 757 g/mol. The molecule has 0 fully saturated rings. The van der Waals surface area contributed by atoms with Gasteiger partial charge in [-0.25, -0.2) is 9.78 Å². The Balaban J connectivity index is 1.44. The van der Waals surface area contributed by atoms with Crippen molar-refractivity contribution >= 4 is 35.7 Å². The minimum Gasteiger partial charge on any atom is -0.497 e. The number of nitrogens with one attached hydrogen (secondary N) is 5. The number of alkyl carbamates (subject to hydrolysis) is 1. The van der Waals surface area contributed by atoms with Gasteiger partial charge in [-0.2, -0.15) is 0 Å². The van der Waals surface area contributed by atoms with Gasteiger partial charge < -0.3 is 50.9 Å². The first-order chi connectivity index (χ1) is 26.6. The minimum atomic E-state index is -1.53. The normalized spacial score (nSPS) is 12.2. The second kappa shape index (κ2) is 21.7. The van der Waals surface area contributed by atoms with E-state index in [1.165, 1.54) is 19.6 Å². The van der Waals surface area contributed by atoms with E-state index in [1.807, 2.05) is 12.1 Å². The third-order valence-corrected chi connectivity index (χ3v) is 7.83. The number of aromatic amines is 1. The molecule has 0 aliphatic carbocycles. The van der Waals surface area contributed by atoms with Crippen molar-refractivity contribution in [1.82, 2.24) is 31.2 Å². The molecule has 4 aromatic rings. The molecule has 5 amide bonds. The summed E-state index contributed by atoms with van der Waals surface area (Å²) in [4.78, 5) is 84.5. The summed E-state index contributed by atoms with van der Waals surface area (Å²) in [5.74, 6) is -3.70. The summed E-state index contributed by atoms with van der Waals surface area (Å²) in [7, 11) is 1.53. The van der Waals surface area contributed by atoms with Gasteiger partial charge in [0.05, 0.1) is 33.1 Å². The van der Waals surface area contributed by atoms with Gasteiger partial charge in [0.2, 0.25) is 23.6 Å². The number of hydrogen-bond acceptors (Lipinski definition) is 11. The zero-order chi connectivity index (χ0) is 39.4. The van der Waals surface area contributed by atoms with Crippen LogP contribution >= 0.6 is 0 Å². The van der Waals surface area contributed by atoms with Crippen molar-refractivity contribution in [2.24, 2.45) is 5.73 Å². The fraction of sp³-hybridized carbons (Fsp3) is 0.289. The number of carbonyl (C=O) groups excluding carboxylic acids is 6. The van der Waals surface area contributed by atoms with Gasteiger partial charge in [0.1, 0.15) is 43.6 Å². The second-order valence-electron chi connectivity index (χ2n) is 12.1. The third kappa shape index (κ3) is 14.7. The molecule has 3 unspecified atom stereocenters. The lowest BCUT2D eigenvalue weighted by atomic mass is 10.1. The van der Waals surface area contributed by atoms with E-state index in [4.69, 9.17) is 24.7 Å². The van der Waals surface area contributed by atoms with E-state index in [0.717, 1.165) is 11.1 Å². The third-order valence-electron chi connectivity index (χ3n) is 7.83. The highest BCUT2D eigenvalue weighted by molar-refractivity contribution is 5.96. The summed E-state index contributed by atoms with van der Waals surface area (Å²) in [5, 5.41) is 9.85. The molecule has 0 aliphatic heterocycles. The van der Waals surface area contributed by atoms with Crippen molar-refractivity contribution in [2.45, 2.75) is 50.8 Å². The van der Waals surface area contributed by atoms with Gasteiger partial charge in [-0.15, -0.1) is 0 Å². The Morgan fingerprint density at radius 2 is 1.31 bits per heavy atom. The molecular weight excluding hydrogens is 714 g/mol. The highest BCUT2D eigenvalue weighted by Crippen LogP contribution is 2.12. The Labute approximate surface area is 316 Å². The predicted octanol–water partition coefficient (Wildman–Crippen LogP) is 1.18. The molecule has 17 heteroatoms. The van der Waals surface area contributed by atoms with Crippen LogP contribution in [-0.2, 0) is 64.4 Å². The molecular formula is C38H43N7O10. The number of benzene rings is 3. The Morgan fingerprint density at radius 3 is 1.93 bits per heavy atom. The molecule has 290 valence electrons. The first-order valence-electron chi connectivity index (χ1n) is 17.1. The van der Waals surface area contributed by atoms with Gasteiger partial charge in [-0.3, -0.25) is 24.0 Å². The van der Waals surface area contributed by atoms with E-state index in [-0.39, 0.29) is 32.8 Å². The fourth-order valence-electron chi connectivity index (χ4n) is 4.96. The zero-order valence-electron chi connectivity index (χ0n) is 30.0. The summed E-state index contributed by atoms with van der Waals surface area (Å²) < 4.78 is 21.4. The highest BCUT2D eigenvalue weighted by Gasteiger charge is 2.31. The number of imidazole rings is 1. The van der Waals surface area contributed by atoms with Crippen LogP contribution in [-0.4, -0.2) is 84.0 Å². The summed E-state index contributed by atoms with van der Waals surface area (Å²) in [6, 6.07) is 20.5. The maximum atomic E-state index is 13.8. The van der Waals surface area contributed by atoms with Crippen LogP contribution in [0.2, 0.25) is 0 Å². The summed E-state index contributed by atoms with van der Waals surface area (Å²) >= 11 is 0. The summed E-state index contributed by atoms with van der Waals surface area (Å²) in [5.41, 5.74) is 8.03. The smallest absolute Gasteiger partial charge is 0.408 e. The minimum absolute atomic E-state index is 0.0298. The topological polar surface area (TPSA) is 242 Å². The molecule has 0 saturated carbocycles. The Morgan fingerprint density at radius 1 is 0.709 bits per heavy atom. The molecule has 7 N–H and O–H groups in total. The van der Waals surface area contributed by atoms with Crippen molar-refractivity contribution < 1.29 is 47.7 Å². The number of esters is 1. The molecule has 0 spiro atoms. The van der Waals surface area contributed by atoms with Gasteiger partial charge in [0.15, 0.2) is 0 Å². The van der Waals surface area contributed by atoms with E-state index < -0.39 is 66.8 Å². The number of ether oxygens (including phenoxy) is 4. The first kappa shape index (κ1) is 41.0. The van der Waals surface area contributed by atoms with E-state index in [2.05, 4.69) is 31.2 Å². The number of nitrogens with two attached hydrogens (primary N) is 1. The quantitative estimate of drug-likeness (QED) is 0.0660. The lowest BCUT2D eigenvalue weighted by Crippen LogP contribution is -2.59. The van der Waals surface area contributed by atoms with Crippen LogP contribution in [0.25, 0.3) is 0 Å². The number of aromatic nitrogens is 2. The van der Waals surface area contributed by atoms with Crippen molar-refractivity contribution in [2.75, 3.05) is 20.3 Å². The van der Waals surface area contributed by atoms with Crippen molar-refractivity contribution in [3.8, 4) is 5.75 Å². The first-order valence-corrected chi connectivity index (χ1v) is 17.1. The van der Waals surface area contributed by atoms with Gasteiger partial charge in [0.25, 0.3) is 0 Å². The molecule has 1 heterocycles. The van der Waals surface area contributed by atoms with Gasteiger partial charge in [0, 0.05) is 18.3 Å². The Hall–Kier alpha value is -6.75. The van der Waals surface area contributed by atoms with Crippen LogP contribution in [0.1, 0.15) is 28.8 Å². The molecule has 4 rings (SSSR count). The second-order valence-corrected chi connectivity index (χ2v) is 12.1. The van der Waals surface area contributed by atoms with Crippen LogP contribution in [0.5, 0.6) is 5.75 Å². The molecule has 0 bridgehead atoms. The maximum Gasteiger partial charge on any atom is 0.408 e. The highest BCUT2D eigenvalue weighted by atomic mass is 16.5. The van der Waals surface area contributed by atoms with Gasteiger partial charge in [-0.05, 0) is 28.8 Å².